The Morgan fingerprint density at radius 2 is 2.29 bits per heavy atom. The van der Waals surface area contributed by atoms with Gasteiger partial charge in [-0.05, 0) is 12.1 Å². The van der Waals surface area contributed by atoms with Crippen LogP contribution in [0.15, 0.2) is 18.2 Å². The minimum atomic E-state index is -0.419. The van der Waals surface area contributed by atoms with Crippen molar-refractivity contribution < 1.29 is 9.13 Å². The second-order valence-corrected chi connectivity index (χ2v) is 2.94. The van der Waals surface area contributed by atoms with E-state index in [0.29, 0.717) is 17.9 Å². The largest absolute Gasteiger partial charge is 0.494 e. The Balaban J connectivity index is 2.94. The maximum Gasteiger partial charge on any atom is 0.180 e. The van der Waals surface area contributed by atoms with Gasteiger partial charge in [-0.1, -0.05) is 17.9 Å². The molecule has 0 N–H and O–H groups in total. The van der Waals surface area contributed by atoms with E-state index in [9.17, 15) is 4.39 Å². The van der Waals surface area contributed by atoms with Gasteiger partial charge in [-0.2, -0.15) is 0 Å². The van der Waals surface area contributed by atoms with Gasteiger partial charge < -0.3 is 4.74 Å². The summed E-state index contributed by atoms with van der Waals surface area (Å²) in [5.41, 5.74) is 0.342. The Kier molecular flexibility index (Phi) is 4.28. The number of alkyl halides is 1. The van der Waals surface area contributed by atoms with Crippen LogP contribution in [0.5, 0.6) is 5.75 Å². The van der Waals surface area contributed by atoms with Crippen molar-refractivity contribution in [3.05, 3.63) is 29.6 Å². The van der Waals surface area contributed by atoms with Crippen molar-refractivity contribution in [1.29, 1.82) is 0 Å². The summed E-state index contributed by atoms with van der Waals surface area (Å²) in [6.45, 7) is 0. The Morgan fingerprint density at radius 3 is 2.93 bits per heavy atom. The quantitative estimate of drug-likeness (QED) is 0.541. The molecule has 1 aromatic rings. The Hall–Kier alpha value is -1.20. The standard InChI is InChI=1S/C11H10ClFO/c1-14-10-7-4-6-9(11(10)13)5-2-3-8-12/h4,6-7H,3,8H2,1H3. The van der Waals surface area contributed by atoms with Gasteiger partial charge in [-0.25, -0.2) is 4.39 Å². The topological polar surface area (TPSA) is 9.23 Å². The molecule has 74 valence electrons. The molecule has 0 heterocycles. The van der Waals surface area contributed by atoms with Crippen molar-refractivity contribution in [3.63, 3.8) is 0 Å². The molecule has 0 spiro atoms. The van der Waals surface area contributed by atoms with Crippen molar-refractivity contribution >= 4 is 11.6 Å². The number of rotatable bonds is 2. The molecular weight excluding hydrogens is 203 g/mol. The lowest BCUT2D eigenvalue weighted by molar-refractivity contribution is 0.386. The number of benzene rings is 1. The summed E-state index contributed by atoms with van der Waals surface area (Å²) >= 11 is 5.45. The molecule has 1 rings (SSSR count). The van der Waals surface area contributed by atoms with E-state index in [0.717, 1.165) is 0 Å². The van der Waals surface area contributed by atoms with Crippen LogP contribution >= 0.6 is 11.6 Å². The molecule has 1 nitrogen and oxygen atoms in total. The average Bonchev–Trinajstić information content (AvgIpc) is 2.21. The van der Waals surface area contributed by atoms with E-state index >= 15 is 0 Å². The summed E-state index contributed by atoms with van der Waals surface area (Å²) in [7, 11) is 1.42. The van der Waals surface area contributed by atoms with Gasteiger partial charge in [0.05, 0.1) is 12.7 Å². The van der Waals surface area contributed by atoms with Crippen LogP contribution in [0, 0.1) is 17.7 Å². The third-order valence-corrected chi connectivity index (χ3v) is 1.81. The van der Waals surface area contributed by atoms with Crippen molar-refractivity contribution in [2.75, 3.05) is 13.0 Å². The molecule has 0 bridgehead atoms. The highest BCUT2D eigenvalue weighted by atomic mass is 35.5. The molecule has 0 amide bonds. The predicted octanol–water partition coefficient (Wildman–Crippen LogP) is 2.81. The smallest absolute Gasteiger partial charge is 0.180 e. The fourth-order valence-corrected chi connectivity index (χ4v) is 1.06. The first-order chi connectivity index (χ1) is 6.79. The highest BCUT2D eigenvalue weighted by molar-refractivity contribution is 6.18. The van der Waals surface area contributed by atoms with Crippen molar-refractivity contribution in [3.8, 4) is 17.6 Å². The van der Waals surface area contributed by atoms with Gasteiger partial charge >= 0.3 is 0 Å². The molecule has 1 aromatic carbocycles. The molecule has 0 saturated heterocycles. The lowest BCUT2D eigenvalue weighted by atomic mass is 10.2. The summed E-state index contributed by atoms with van der Waals surface area (Å²) in [6, 6.07) is 4.87. The lowest BCUT2D eigenvalue weighted by Gasteiger charge is -2.01. The van der Waals surface area contributed by atoms with Crippen LogP contribution in [-0.4, -0.2) is 13.0 Å². The Bertz CT molecular complexity index is 365. The van der Waals surface area contributed by atoms with Gasteiger partial charge in [0.15, 0.2) is 11.6 Å². The van der Waals surface area contributed by atoms with E-state index in [1.54, 1.807) is 18.2 Å². The van der Waals surface area contributed by atoms with Crippen LogP contribution in [0.4, 0.5) is 4.39 Å². The van der Waals surface area contributed by atoms with Gasteiger partial charge in [0.2, 0.25) is 0 Å². The molecule has 14 heavy (non-hydrogen) atoms. The second-order valence-electron chi connectivity index (χ2n) is 2.56. The number of methoxy groups -OCH3 is 1. The van der Waals surface area contributed by atoms with E-state index in [2.05, 4.69) is 11.8 Å². The van der Waals surface area contributed by atoms with Crippen molar-refractivity contribution in [2.45, 2.75) is 6.42 Å². The monoisotopic (exact) mass is 212 g/mol. The zero-order valence-corrected chi connectivity index (χ0v) is 8.57. The van der Waals surface area contributed by atoms with Crippen LogP contribution in [0.1, 0.15) is 12.0 Å². The molecule has 0 saturated carbocycles. The summed E-state index contributed by atoms with van der Waals surface area (Å²) in [5.74, 6) is 5.71. The molecule has 0 unspecified atom stereocenters. The Morgan fingerprint density at radius 1 is 1.50 bits per heavy atom. The molecule has 0 fully saturated rings. The first kappa shape index (κ1) is 10.9. The van der Waals surface area contributed by atoms with E-state index in [-0.39, 0.29) is 5.75 Å². The van der Waals surface area contributed by atoms with Crippen LogP contribution in [-0.2, 0) is 0 Å². The van der Waals surface area contributed by atoms with E-state index in [1.165, 1.54) is 7.11 Å². The normalized spacial score (nSPS) is 9.07. The van der Waals surface area contributed by atoms with Gasteiger partial charge in [-0.3, -0.25) is 0 Å². The molecule has 0 atom stereocenters. The number of halogens is 2. The summed E-state index contributed by atoms with van der Waals surface area (Å²) < 4.78 is 18.3. The van der Waals surface area contributed by atoms with Crippen molar-refractivity contribution in [1.82, 2.24) is 0 Å². The first-order valence-corrected chi connectivity index (χ1v) is 4.70. The Labute approximate surface area is 87.8 Å². The highest BCUT2D eigenvalue weighted by Crippen LogP contribution is 2.18. The summed E-state index contributed by atoms with van der Waals surface area (Å²) in [6.07, 6.45) is 0.554. The highest BCUT2D eigenvalue weighted by Gasteiger charge is 2.04. The second kappa shape index (κ2) is 5.51. The molecule has 0 aromatic heterocycles. The van der Waals surface area contributed by atoms with Crippen LogP contribution in [0.3, 0.4) is 0 Å². The van der Waals surface area contributed by atoms with E-state index in [4.69, 9.17) is 16.3 Å². The summed E-state index contributed by atoms with van der Waals surface area (Å²) in [4.78, 5) is 0. The average molecular weight is 213 g/mol. The maximum absolute atomic E-state index is 13.4. The third-order valence-electron chi connectivity index (χ3n) is 1.63. The predicted molar refractivity (Wildman–Crippen MR) is 55.2 cm³/mol. The van der Waals surface area contributed by atoms with Gasteiger partial charge in [0, 0.05) is 12.3 Å². The fourth-order valence-electron chi connectivity index (χ4n) is 0.970. The number of hydrogen-bond acceptors (Lipinski definition) is 1. The zero-order valence-electron chi connectivity index (χ0n) is 7.81. The lowest BCUT2D eigenvalue weighted by Crippen LogP contribution is -1.90. The maximum atomic E-state index is 13.4. The molecule has 0 aliphatic heterocycles. The van der Waals surface area contributed by atoms with Crippen molar-refractivity contribution in [2.24, 2.45) is 0 Å². The zero-order chi connectivity index (χ0) is 10.4. The SMILES string of the molecule is COc1cccc(C#CCCCl)c1F. The first-order valence-electron chi connectivity index (χ1n) is 4.17. The van der Waals surface area contributed by atoms with Crippen LogP contribution in [0.2, 0.25) is 0 Å². The molecule has 0 aliphatic carbocycles. The van der Waals surface area contributed by atoms with Crippen LogP contribution in [0.25, 0.3) is 0 Å². The number of ether oxygens (including phenoxy) is 1. The fraction of sp³-hybridized carbons (Fsp3) is 0.273. The molecule has 0 radical (unpaired) electrons. The van der Waals surface area contributed by atoms with Crippen LogP contribution < -0.4 is 4.74 Å². The summed E-state index contributed by atoms with van der Waals surface area (Å²) in [5, 5.41) is 0. The molecule has 3 heteroatoms. The minimum absolute atomic E-state index is 0.211. The van der Waals surface area contributed by atoms with E-state index < -0.39 is 5.82 Å². The van der Waals surface area contributed by atoms with Gasteiger partial charge in [-0.15, -0.1) is 11.6 Å². The minimum Gasteiger partial charge on any atom is -0.494 e. The molecule has 0 aliphatic rings. The molecular formula is C11H10ClFO. The third kappa shape index (κ3) is 2.65. The van der Waals surface area contributed by atoms with Gasteiger partial charge in [0.25, 0.3) is 0 Å². The van der Waals surface area contributed by atoms with E-state index in [1.807, 2.05) is 0 Å². The number of hydrogen-bond donors (Lipinski definition) is 0. The van der Waals surface area contributed by atoms with Gasteiger partial charge in [0.1, 0.15) is 0 Å².